The number of nitrogens with one attached hydrogen (secondary N) is 2. The molecule has 96 valence electrons. The highest BCUT2D eigenvalue weighted by Gasteiger charge is 2.25. The predicted molar refractivity (Wildman–Crippen MR) is 55.3 cm³/mol. The number of hydrogen-bond donors (Lipinski definition) is 2. The van der Waals surface area contributed by atoms with Gasteiger partial charge in [0.05, 0.1) is 5.56 Å². The maximum absolute atomic E-state index is 13.2. The Hall–Kier alpha value is -2.05. The molecule has 2 rings (SSSR count). The standard InChI is InChI=1S/C11H9F3N2O2/c12-7-4-9(14)8(13)3-6(7)10(17)16-11(18)15-5-1-2-5/h3-5H,1-2H2,(H2,15,16,17,18). The van der Waals surface area contributed by atoms with E-state index in [9.17, 15) is 22.8 Å². The highest BCUT2D eigenvalue weighted by Crippen LogP contribution is 2.18. The van der Waals surface area contributed by atoms with Crippen molar-refractivity contribution < 1.29 is 22.8 Å². The van der Waals surface area contributed by atoms with Gasteiger partial charge in [-0.05, 0) is 18.9 Å². The lowest BCUT2D eigenvalue weighted by molar-refractivity contribution is 0.0959. The van der Waals surface area contributed by atoms with E-state index >= 15 is 0 Å². The Morgan fingerprint density at radius 3 is 2.28 bits per heavy atom. The van der Waals surface area contributed by atoms with Crippen LogP contribution in [0.2, 0.25) is 0 Å². The van der Waals surface area contributed by atoms with E-state index < -0.39 is 35.0 Å². The summed E-state index contributed by atoms with van der Waals surface area (Å²) >= 11 is 0. The van der Waals surface area contributed by atoms with Crippen LogP contribution in [-0.2, 0) is 0 Å². The van der Waals surface area contributed by atoms with Crippen LogP contribution in [0.1, 0.15) is 23.2 Å². The fraction of sp³-hybridized carbons (Fsp3) is 0.273. The molecule has 1 saturated carbocycles. The fourth-order valence-corrected chi connectivity index (χ4v) is 1.32. The SMILES string of the molecule is O=C(NC(=O)c1cc(F)c(F)cc1F)NC1CC1. The third-order valence-corrected chi connectivity index (χ3v) is 2.39. The number of benzene rings is 1. The van der Waals surface area contributed by atoms with Crippen molar-refractivity contribution in [2.24, 2.45) is 0 Å². The Labute approximate surface area is 100 Å². The highest BCUT2D eigenvalue weighted by molar-refractivity contribution is 6.04. The summed E-state index contributed by atoms with van der Waals surface area (Å²) in [5, 5.41) is 4.28. The molecule has 4 nitrogen and oxygen atoms in total. The Balaban J connectivity index is 2.07. The second-order valence-electron chi connectivity index (χ2n) is 3.95. The molecule has 0 unspecified atom stereocenters. The Morgan fingerprint density at radius 2 is 1.67 bits per heavy atom. The van der Waals surface area contributed by atoms with Crippen molar-refractivity contribution in [1.29, 1.82) is 0 Å². The van der Waals surface area contributed by atoms with Crippen molar-refractivity contribution in [1.82, 2.24) is 10.6 Å². The van der Waals surface area contributed by atoms with Crippen LogP contribution in [-0.4, -0.2) is 18.0 Å². The van der Waals surface area contributed by atoms with Crippen molar-refractivity contribution >= 4 is 11.9 Å². The Kier molecular flexibility index (Phi) is 3.22. The average molecular weight is 258 g/mol. The summed E-state index contributed by atoms with van der Waals surface area (Å²) < 4.78 is 38.7. The third kappa shape index (κ3) is 2.79. The first kappa shape index (κ1) is 12.4. The summed E-state index contributed by atoms with van der Waals surface area (Å²) in [6.45, 7) is 0. The van der Waals surface area contributed by atoms with E-state index in [0.717, 1.165) is 12.8 Å². The number of amides is 3. The quantitative estimate of drug-likeness (QED) is 0.793. The van der Waals surface area contributed by atoms with Gasteiger partial charge in [0.15, 0.2) is 11.6 Å². The molecule has 0 aromatic heterocycles. The lowest BCUT2D eigenvalue weighted by Gasteiger charge is -2.06. The topological polar surface area (TPSA) is 58.2 Å². The van der Waals surface area contributed by atoms with Crippen molar-refractivity contribution in [2.75, 3.05) is 0 Å². The lowest BCUT2D eigenvalue weighted by atomic mass is 10.2. The predicted octanol–water partition coefficient (Wildman–Crippen LogP) is 1.71. The molecule has 1 aliphatic carbocycles. The molecule has 3 amide bonds. The van der Waals surface area contributed by atoms with Gasteiger partial charge >= 0.3 is 6.03 Å². The van der Waals surface area contributed by atoms with Crippen LogP contribution >= 0.6 is 0 Å². The largest absolute Gasteiger partial charge is 0.335 e. The van der Waals surface area contributed by atoms with Gasteiger partial charge in [0.2, 0.25) is 0 Å². The van der Waals surface area contributed by atoms with Crippen LogP contribution in [0, 0.1) is 17.5 Å². The van der Waals surface area contributed by atoms with E-state index in [4.69, 9.17) is 0 Å². The summed E-state index contributed by atoms with van der Waals surface area (Å²) in [5.41, 5.74) is -0.722. The summed E-state index contributed by atoms with van der Waals surface area (Å²) in [4.78, 5) is 22.6. The van der Waals surface area contributed by atoms with Crippen LogP contribution in [0.25, 0.3) is 0 Å². The molecule has 0 heterocycles. The second kappa shape index (κ2) is 4.67. The average Bonchev–Trinajstić information content (AvgIpc) is 3.06. The number of urea groups is 1. The summed E-state index contributed by atoms with van der Waals surface area (Å²) in [7, 11) is 0. The van der Waals surface area contributed by atoms with Crippen LogP contribution in [0.5, 0.6) is 0 Å². The maximum Gasteiger partial charge on any atom is 0.321 e. The molecule has 18 heavy (non-hydrogen) atoms. The first-order valence-electron chi connectivity index (χ1n) is 5.24. The van der Waals surface area contributed by atoms with E-state index in [-0.39, 0.29) is 12.1 Å². The summed E-state index contributed by atoms with van der Waals surface area (Å²) in [6.07, 6.45) is 1.64. The zero-order valence-corrected chi connectivity index (χ0v) is 9.10. The van der Waals surface area contributed by atoms with E-state index in [1.165, 1.54) is 0 Å². The molecule has 1 aliphatic rings. The molecule has 0 saturated heterocycles. The van der Waals surface area contributed by atoms with E-state index in [1.54, 1.807) is 0 Å². The van der Waals surface area contributed by atoms with Gasteiger partial charge < -0.3 is 5.32 Å². The molecule has 0 atom stereocenters. The van der Waals surface area contributed by atoms with Crippen molar-refractivity contribution in [3.8, 4) is 0 Å². The fourth-order valence-electron chi connectivity index (χ4n) is 1.32. The smallest absolute Gasteiger partial charge is 0.321 e. The number of rotatable bonds is 2. The molecule has 1 aromatic rings. The van der Waals surface area contributed by atoms with Gasteiger partial charge in [-0.25, -0.2) is 18.0 Å². The van der Waals surface area contributed by atoms with E-state index in [0.29, 0.717) is 6.07 Å². The van der Waals surface area contributed by atoms with Crippen LogP contribution in [0.4, 0.5) is 18.0 Å². The molecular weight excluding hydrogens is 249 g/mol. The Morgan fingerprint density at radius 1 is 1.06 bits per heavy atom. The van der Waals surface area contributed by atoms with Crippen molar-refractivity contribution in [2.45, 2.75) is 18.9 Å². The second-order valence-corrected chi connectivity index (χ2v) is 3.95. The molecule has 7 heteroatoms. The van der Waals surface area contributed by atoms with Gasteiger partial charge in [-0.1, -0.05) is 0 Å². The normalized spacial score (nSPS) is 14.2. The minimum Gasteiger partial charge on any atom is -0.335 e. The molecule has 0 radical (unpaired) electrons. The van der Waals surface area contributed by atoms with E-state index in [1.807, 2.05) is 5.32 Å². The van der Waals surface area contributed by atoms with E-state index in [2.05, 4.69) is 5.32 Å². The van der Waals surface area contributed by atoms with Crippen LogP contribution in [0.15, 0.2) is 12.1 Å². The van der Waals surface area contributed by atoms with Crippen LogP contribution in [0.3, 0.4) is 0 Å². The van der Waals surface area contributed by atoms with Gasteiger partial charge in [-0.2, -0.15) is 0 Å². The van der Waals surface area contributed by atoms with Gasteiger partial charge in [-0.3, -0.25) is 10.1 Å². The molecular formula is C11H9F3N2O2. The number of carbonyl (C=O) groups is 2. The number of imide groups is 1. The van der Waals surface area contributed by atoms with Gasteiger partial charge in [-0.15, -0.1) is 0 Å². The lowest BCUT2D eigenvalue weighted by Crippen LogP contribution is -2.40. The zero-order valence-electron chi connectivity index (χ0n) is 9.10. The zero-order chi connectivity index (χ0) is 13.3. The number of carbonyl (C=O) groups excluding carboxylic acids is 2. The summed E-state index contributed by atoms with van der Waals surface area (Å²) in [5.74, 6) is -5.11. The van der Waals surface area contributed by atoms with Gasteiger partial charge in [0.25, 0.3) is 5.91 Å². The molecule has 0 spiro atoms. The number of hydrogen-bond acceptors (Lipinski definition) is 2. The Bertz CT molecular complexity index is 515. The molecule has 1 fully saturated rings. The monoisotopic (exact) mass is 258 g/mol. The summed E-state index contributed by atoms with van der Waals surface area (Å²) in [6, 6.07) is -0.104. The first-order valence-corrected chi connectivity index (χ1v) is 5.24. The molecule has 0 aliphatic heterocycles. The van der Waals surface area contributed by atoms with Gasteiger partial charge in [0, 0.05) is 12.1 Å². The van der Waals surface area contributed by atoms with Crippen molar-refractivity contribution in [3.63, 3.8) is 0 Å². The maximum atomic E-state index is 13.2. The molecule has 1 aromatic carbocycles. The number of halogens is 3. The first-order chi connectivity index (χ1) is 8.47. The minimum atomic E-state index is -1.40. The highest BCUT2D eigenvalue weighted by atomic mass is 19.2. The third-order valence-electron chi connectivity index (χ3n) is 2.39. The minimum absolute atomic E-state index is 0.0209. The van der Waals surface area contributed by atoms with Crippen molar-refractivity contribution in [3.05, 3.63) is 35.1 Å². The molecule has 0 bridgehead atoms. The van der Waals surface area contributed by atoms with Gasteiger partial charge in [0.1, 0.15) is 5.82 Å². The van der Waals surface area contributed by atoms with Crippen LogP contribution < -0.4 is 10.6 Å². The molecule has 2 N–H and O–H groups in total.